The average Bonchev–Trinajstić information content (AvgIpc) is 2.82. The van der Waals surface area contributed by atoms with Crippen molar-refractivity contribution in [3.05, 3.63) is 18.5 Å². The summed E-state index contributed by atoms with van der Waals surface area (Å²) in [5.41, 5.74) is 5.59. The number of aromatic nitrogens is 2. The van der Waals surface area contributed by atoms with E-state index in [1.165, 1.54) is 32.4 Å². The second-order valence-corrected chi connectivity index (χ2v) is 4.63. The second kappa shape index (κ2) is 6.01. The van der Waals surface area contributed by atoms with E-state index in [-0.39, 0.29) is 0 Å². The van der Waals surface area contributed by atoms with Crippen molar-refractivity contribution in [1.82, 2.24) is 14.7 Å². The summed E-state index contributed by atoms with van der Waals surface area (Å²) < 4.78 is 2.01. The van der Waals surface area contributed by atoms with Gasteiger partial charge in [0, 0.05) is 18.9 Å². The Morgan fingerprint density at radius 1 is 1.25 bits per heavy atom. The van der Waals surface area contributed by atoms with Crippen LogP contribution in [0.15, 0.2) is 18.5 Å². The Morgan fingerprint density at radius 2 is 2.06 bits per heavy atom. The van der Waals surface area contributed by atoms with Gasteiger partial charge in [0.2, 0.25) is 0 Å². The van der Waals surface area contributed by atoms with Crippen molar-refractivity contribution in [2.45, 2.75) is 25.8 Å². The molecule has 1 aromatic heterocycles. The van der Waals surface area contributed by atoms with Gasteiger partial charge in [-0.05, 0) is 50.9 Å². The molecule has 0 unspecified atom stereocenters. The Hall–Kier alpha value is -0.870. The van der Waals surface area contributed by atoms with Gasteiger partial charge in [0.05, 0.1) is 6.54 Å². The lowest BCUT2D eigenvalue weighted by Crippen LogP contribution is -2.36. The molecule has 1 aliphatic heterocycles. The molecule has 0 atom stereocenters. The van der Waals surface area contributed by atoms with Crippen molar-refractivity contribution >= 4 is 0 Å². The molecular weight excluding hydrogens is 200 g/mol. The molecule has 1 fully saturated rings. The molecule has 4 nitrogen and oxygen atoms in total. The van der Waals surface area contributed by atoms with Gasteiger partial charge < -0.3 is 10.6 Å². The highest BCUT2D eigenvalue weighted by molar-refractivity contribution is 4.78. The smallest absolute Gasteiger partial charge is 0.0536 e. The average molecular weight is 222 g/mol. The molecule has 1 aliphatic rings. The van der Waals surface area contributed by atoms with E-state index in [1.807, 2.05) is 23.1 Å². The maximum atomic E-state index is 5.59. The van der Waals surface area contributed by atoms with Crippen molar-refractivity contribution in [3.8, 4) is 0 Å². The summed E-state index contributed by atoms with van der Waals surface area (Å²) in [6.07, 6.45) is 7.70. The Morgan fingerprint density at radius 3 is 2.69 bits per heavy atom. The molecule has 0 bridgehead atoms. The highest BCUT2D eigenvalue weighted by atomic mass is 15.3. The van der Waals surface area contributed by atoms with Gasteiger partial charge in [-0.25, -0.2) is 0 Å². The van der Waals surface area contributed by atoms with Gasteiger partial charge in [0.15, 0.2) is 0 Å². The number of piperidine rings is 1. The summed E-state index contributed by atoms with van der Waals surface area (Å²) in [4.78, 5) is 2.54. The third-order valence-electron chi connectivity index (χ3n) is 3.49. The van der Waals surface area contributed by atoms with Crippen LogP contribution in [0.1, 0.15) is 19.3 Å². The first-order valence-electron chi connectivity index (χ1n) is 6.28. The highest BCUT2D eigenvalue weighted by Crippen LogP contribution is 2.19. The fourth-order valence-electron chi connectivity index (χ4n) is 2.41. The first kappa shape index (κ1) is 11.6. The van der Waals surface area contributed by atoms with Gasteiger partial charge in [-0.2, -0.15) is 5.10 Å². The summed E-state index contributed by atoms with van der Waals surface area (Å²) in [5, 5.41) is 4.22. The van der Waals surface area contributed by atoms with Gasteiger partial charge in [-0.3, -0.25) is 4.68 Å². The quantitative estimate of drug-likeness (QED) is 0.806. The number of nitrogens with zero attached hydrogens (tertiary/aromatic N) is 3. The van der Waals surface area contributed by atoms with Crippen molar-refractivity contribution < 1.29 is 0 Å². The standard InChI is InChI=1S/C12H22N4/c13-5-2-12-3-8-15(9-4-12)10-11-16-7-1-6-14-16/h1,6-7,12H,2-5,8-11,13H2. The Labute approximate surface area is 97.4 Å². The van der Waals surface area contributed by atoms with Gasteiger partial charge in [0.25, 0.3) is 0 Å². The number of hydrogen-bond donors (Lipinski definition) is 1. The molecule has 2 heterocycles. The lowest BCUT2D eigenvalue weighted by atomic mass is 9.94. The fourth-order valence-corrected chi connectivity index (χ4v) is 2.41. The van der Waals surface area contributed by atoms with Gasteiger partial charge in [-0.1, -0.05) is 0 Å². The van der Waals surface area contributed by atoms with Crippen LogP contribution in [0.25, 0.3) is 0 Å². The van der Waals surface area contributed by atoms with E-state index in [9.17, 15) is 0 Å². The monoisotopic (exact) mass is 222 g/mol. The fraction of sp³-hybridized carbons (Fsp3) is 0.750. The van der Waals surface area contributed by atoms with E-state index in [4.69, 9.17) is 5.73 Å². The molecule has 0 amide bonds. The van der Waals surface area contributed by atoms with Gasteiger partial charge >= 0.3 is 0 Å². The van der Waals surface area contributed by atoms with Crippen LogP contribution in [0.3, 0.4) is 0 Å². The van der Waals surface area contributed by atoms with E-state index in [0.717, 1.165) is 25.6 Å². The van der Waals surface area contributed by atoms with Crippen LogP contribution in [0.4, 0.5) is 0 Å². The molecule has 16 heavy (non-hydrogen) atoms. The van der Waals surface area contributed by atoms with Gasteiger partial charge in [-0.15, -0.1) is 0 Å². The Bertz CT molecular complexity index is 275. The van der Waals surface area contributed by atoms with Crippen LogP contribution < -0.4 is 5.73 Å². The minimum Gasteiger partial charge on any atom is -0.330 e. The number of hydrogen-bond acceptors (Lipinski definition) is 3. The topological polar surface area (TPSA) is 47.1 Å². The normalized spacial score (nSPS) is 19.1. The van der Waals surface area contributed by atoms with Crippen LogP contribution in [-0.2, 0) is 6.54 Å². The molecule has 0 radical (unpaired) electrons. The molecule has 0 aliphatic carbocycles. The number of nitrogens with two attached hydrogens (primary N) is 1. The minimum absolute atomic E-state index is 0.845. The Kier molecular flexibility index (Phi) is 4.36. The van der Waals surface area contributed by atoms with Crippen molar-refractivity contribution in [2.24, 2.45) is 11.7 Å². The predicted molar refractivity (Wildman–Crippen MR) is 65.1 cm³/mol. The molecule has 4 heteroatoms. The van der Waals surface area contributed by atoms with Crippen molar-refractivity contribution in [3.63, 3.8) is 0 Å². The lowest BCUT2D eigenvalue weighted by Gasteiger charge is -2.31. The summed E-state index contributed by atoms with van der Waals surface area (Å²) in [7, 11) is 0. The zero-order chi connectivity index (χ0) is 11.2. The van der Waals surface area contributed by atoms with E-state index in [2.05, 4.69) is 10.00 Å². The van der Waals surface area contributed by atoms with Crippen molar-refractivity contribution in [1.29, 1.82) is 0 Å². The molecule has 1 aromatic rings. The summed E-state index contributed by atoms with van der Waals surface area (Å²) in [6.45, 7) is 5.43. The van der Waals surface area contributed by atoms with E-state index < -0.39 is 0 Å². The molecular formula is C12H22N4. The minimum atomic E-state index is 0.845. The molecule has 90 valence electrons. The number of rotatable bonds is 5. The predicted octanol–water partition coefficient (Wildman–Crippen LogP) is 0.944. The molecule has 1 saturated heterocycles. The third kappa shape index (κ3) is 3.32. The van der Waals surface area contributed by atoms with Crippen LogP contribution >= 0.6 is 0 Å². The molecule has 0 spiro atoms. The van der Waals surface area contributed by atoms with E-state index in [0.29, 0.717) is 0 Å². The summed E-state index contributed by atoms with van der Waals surface area (Å²) >= 11 is 0. The van der Waals surface area contributed by atoms with Crippen LogP contribution in [0.5, 0.6) is 0 Å². The summed E-state index contributed by atoms with van der Waals surface area (Å²) in [5.74, 6) is 0.867. The molecule has 2 rings (SSSR count). The molecule has 0 saturated carbocycles. The van der Waals surface area contributed by atoms with Gasteiger partial charge in [0.1, 0.15) is 0 Å². The number of likely N-dealkylation sites (tertiary alicyclic amines) is 1. The third-order valence-corrected chi connectivity index (χ3v) is 3.49. The zero-order valence-electron chi connectivity index (χ0n) is 9.89. The van der Waals surface area contributed by atoms with Crippen LogP contribution in [0.2, 0.25) is 0 Å². The lowest BCUT2D eigenvalue weighted by molar-refractivity contribution is 0.173. The first-order chi connectivity index (χ1) is 7.88. The summed E-state index contributed by atoms with van der Waals surface area (Å²) in [6, 6.07) is 1.98. The maximum Gasteiger partial charge on any atom is 0.0536 e. The maximum absolute atomic E-state index is 5.59. The zero-order valence-corrected chi connectivity index (χ0v) is 9.89. The highest BCUT2D eigenvalue weighted by Gasteiger charge is 2.17. The SMILES string of the molecule is NCCC1CCN(CCn2cccn2)CC1. The molecule has 2 N–H and O–H groups in total. The second-order valence-electron chi connectivity index (χ2n) is 4.63. The largest absolute Gasteiger partial charge is 0.330 e. The Balaban J connectivity index is 1.65. The van der Waals surface area contributed by atoms with Crippen LogP contribution in [-0.4, -0.2) is 40.9 Å². The van der Waals surface area contributed by atoms with E-state index >= 15 is 0 Å². The van der Waals surface area contributed by atoms with Crippen LogP contribution in [0, 0.1) is 5.92 Å². The first-order valence-corrected chi connectivity index (χ1v) is 6.28. The molecule has 0 aromatic carbocycles. The van der Waals surface area contributed by atoms with E-state index in [1.54, 1.807) is 0 Å². The van der Waals surface area contributed by atoms with Crippen molar-refractivity contribution in [2.75, 3.05) is 26.2 Å².